The van der Waals surface area contributed by atoms with Crippen LogP contribution in [0.5, 0.6) is 0 Å². The highest BCUT2D eigenvalue weighted by molar-refractivity contribution is 5.80. The zero-order valence-corrected chi connectivity index (χ0v) is 47.9. The molecule has 0 aliphatic carbocycles. The molecule has 1 fully saturated rings. The Morgan fingerprint density at radius 2 is 0.712 bits per heavy atom. The second-order valence-electron chi connectivity index (χ2n) is 22.9. The Balaban J connectivity index is 2.22. The highest BCUT2D eigenvalue weighted by atomic mass is 16.7. The Morgan fingerprint density at radius 3 is 1.01 bits per heavy atom. The minimum absolute atomic E-state index is 0.267. The van der Waals surface area contributed by atoms with E-state index in [1.54, 1.807) is 0 Å². The second kappa shape index (κ2) is 51.8. The van der Waals surface area contributed by atoms with E-state index >= 15 is 0 Å². The number of carbonyl (C=O) groups is 1. The van der Waals surface area contributed by atoms with Crippen LogP contribution in [-0.2, 0) is 14.3 Å². The first kappa shape index (κ1) is 70.1. The van der Waals surface area contributed by atoms with Gasteiger partial charge in [-0.15, -0.1) is 0 Å². The lowest BCUT2D eigenvalue weighted by molar-refractivity contribution is -0.303. The summed E-state index contributed by atoms with van der Waals surface area (Å²) in [7, 11) is 0. The Morgan fingerprint density at radius 1 is 0.425 bits per heavy atom. The number of hydrogen-bond donors (Lipinski definition) is 8. The van der Waals surface area contributed by atoms with E-state index in [0.717, 1.165) is 38.5 Å². The highest BCUT2D eigenvalue weighted by Crippen LogP contribution is 2.24. The Hall–Kier alpha value is -0.890. The summed E-state index contributed by atoms with van der Waals surface area (Å²) >= 11 is 0. The first-order valence-electron chi connectivity index (χ1n) is 31.9. The lowest BCUT2D eigenvalue weighted by Gasteiger charge is -2.40. The molecule has 1 rings (SSSR count). The van der Waals surface area contributed by atoms with E-state index in [9.17, 15) is 40.5 Å². The molecule has 1 amide bonds. The van der Waals surface area contributed by atoms with Crippen LogP contribution in [0, 0.1) is 0 Å². The molecule has 0 radical (unpaired) electrons. The van der Waals surface area contributed by atoms with Crippen molar-refractivity contribution in [2.24, 2.45) is 0 Å². The van der Waals surface area contributed by atoms with Gasteiger partial charge in [-0.25, -0.2) is 0 Å². The number of unbranched alkanes of at least 4 members (excludes halogenated alkanes) is 44. The zero-order valence-electron chi connectivity index (χ0n) is 47.9. The van der Waals surface area contributed by atoms with Gasteiger partial charge in [-0.1, -0.05) is 309 Å². The Labute approximate surface area is 449 Å². The molecule has 1 saturated heterocycles. The van der Waals surface area contributed by atoms with Crippen molar-refractivity contribution in [3.63, 3.8) is 0 Å². The molecular weight excluding hydrogens is 919 g/mol. The van der Waals surface area contributed by atoms with Crippen molar-refractivity contribution >= 4 is 5.91 Å². The second-order valence-corrected chi connectivity index (χ2v) is 22.9. The minimum atomic E-state index is -1.66. The van der Waals surface area contributed by atoms with E-state index in [2.05, 4.69) is 19.2 Å². The van der Waals surface area contributed by atoms with E-state index in [4.69, 9.17) is 9.47 Å². The molecule has 0 bridgehead atoms. The van der Waals surface area contributed by atoms with Crippen LogP contribution < -0.4 is 5.32 Å². The predicted molar refractivity (Wildman–Crippen MR) is 303 cm³/mol. The normalized spacial score (nSPS) is 19.8. The third-order valence-corrected chi connectivity index (χ3v) is 15.9. The molecule has 9 atom stereocenters. The molecular formula is C62H123NO10. The third-order valence-electron chi connectivity index (χ3n) is 15.9. The van der Waals surface area contributed by atoms with Crippen LogP contribution in [0.1, 0.15) is 322 Å². The molecule has 73 heavy (non-hydrogen) atoms. The van der Waals surface area contributed by atoms with Crippen LogP contribution in [-0.4, -0.2) is 110 Å². The lowest BCUT2D eigenvalue weighted by atomic mass is 9.98. The SMILES string of the molecule is CCCCCCCCCCCCCCCCCCCCCCCCCCCCCCC(O)C(=O)NC(COC1OC(CO)C(O)C(O)C1O)C(O)C(O)CCCCCCCCCCCCCCCCCCCC. The number of amides is 1. The van der Waals surface area contributed by atoms with Gasteiger partial charge < -0.3 is 50.5 Å². The monoisotopic (exact) mass is 1040 g/mol. The van der Waals surface area contributed by atoms with Gasteiger partial charge in [0.05, 0.1) is 25.4 Å². The molecule has 1 aliphatic rings. The van der Waals surface area contributed by atoms with Crippen LogP contribution in [0.2, 0.25) is 0 Å². The highest BCUT2D eigenvalue weighted by Gasteiger charge is 2.44. The summed E-state index contributed by atoms with van der Waals surface area (Å²) in [5.74, 6) is -0.688. The molecule has 0 aromatic carbocycles. The third kappa shape index (κ3) is 40.0. The number of nitrogens with one attached hydrogen (secondary N) is 1. The van der Waals surface area contributed by atoms with Crippen LogP contribution in [0.15, 0.2) is 0 Å². The summed E-state index contributed by atoms with van der Waals surface area (Å²) in [4.78, 5) is 13.2. The number of aliphatic hydroxyl groups excluding tert-OH is 7. The maximum Gasteiger partial charge on any atom is 0.249 e. The minimum Gasteiger partial charge on any atom is -0.394 e. The largest absolute Gasteiger partial charge is 0.394 e. The summed E-state index contributed by atoms with van der Waals surface area (Å²) in [5, 5.41) is 76.3. The molecule has 8 N–H and O–H groups in total. The van der Waals surface area contributed by atoms with Crippen molar-refractivity contribution in [1.82, 2.24) is 5.32 Å². The fraction of sp³-hybridized carbons (Fsp3) is 0.984. The van der Waals surface area contributed by atoms with E-state index in [-0.39, 0.29) is 6.42 Å². The summed E-state index contributed by atoms with van der Waals surface area (Å²) in [6.45, 7) is 3.51. The van der Waals surface area contributed by atoms with E-state index in [1.165, 1.54) is 244 Å². The Bertz CT molecular complexity index is 1150. The van der Waals surface area contributed by atoms with Gasteiger partial charge in [0.2, 0.25) is 5.91 Å². The van der Waals surface area contributed by atoms with Gasteiger partial charge in [0.25, 0.3) is 0 Å². The average molecular weight is 1040 g/mol. The van der Waals surface area contributed by atoms with Crippen molar-refractivity contribution in [3.05, 3.63) is 0 Å². The molecule has 0 saturated carbocycles. The smallest absolute Gasteiger partial charge is 0.249 e. The number of carbonyl (C=O) groups excluding carboxylic acids is 1. The first-order valence-corrected chi connectivity index (χ1v) is 31.9. The summed E-state index contributed by atoms with van der Waals surface area (Å²) < 4.78 is 11.2. The van der Waals surface area contributed by atoms with Crippen molar-refractivity contribution in [1.29, 1.82) is 0 Å². The van der Waals surface area contributed by atoms with E-state index < -0.39 is 74.2 Å². The van der Waals surface area contributed by atoms with E-state index in [0.29, 0.717) is 19.3 Å². The first-order chi connectivity index (χ1) is 35.7. The predicted octanol–water partition coefficient (Wildman–Crippen LogP) is 14.1. The van der Waals surface area contributed by atoms with Gasteiger partial charge in [0.15, 0.2) is 6.29 Å². The number of aliphatic hydroxyl groups is 7. The van der Waals surface area contributed by atoms with Crippen molar-refractivity contribution in [2.75, 3.05) is 13.2 Å². The van der Waals surface area contributed by atoms with Crippen molar-refractivity contribution in [3.8, 4) is 0 Å². The molecule has 11 heteroatoms. The van der Waals surface area contributed by atoms with Gasteiger partial charge in [0.1, 0.15) is 36.6 Å². The lowest BCUT2D eigenvalue weighted by Crippen LogP contribution is -2.60. The van der Waals surface area contributed by atoms with Gasteiger partial charge in [-0.05, 0) is 12.8 Å². The standard InChI is InChI=1S/C62H123NO10/c1-3-5-7-9-11-13-15-17-19-21-23-24-25-26-27-28-29-30-31-32-34-36-38-40-42-44-46-48-50-55(66)61(71)63-53(52-72-62-60(70)59(69)58(68)56(51-64)73-62)57(67)54(65)49-47-45-43-41-39-37-35-33-22-20-18-16-14-12-10-8-6-4-2/h53-60,62,64-70H,3-52H2,1-2H3,(H,63,71). The van der Waals surface area contributed by atoms with Crippen molar-refractivity contribution in [2.45, 2.75) is 377 Å². The summed E-state index contributed by atoms with van der Waals surface area (Å²) in [5.41, 5.74) is 0. The molecule has 0 aromatic heterocycles. The molecule has 11 nitrogen and oxygen atoms in total. The van der Waals surface area contributed by atoms with Crippen LogP contribution in [0.4, 0.5) is 0 Å². The summed E-state index contributed by atoms with van der Waals surface area (Å²) in [6, 6.07) is -1.16. The van der Waals surface area contributed by atoms with Gasteiger partial charge in [-0.2, -0.15) is 0 Å². The molecule has 9 unspecified atom stereocenters. The zero-order chi connectivity index (χ0) is 53.3. The molecule has 0 aromatic rings. The number of hydrogen-bond acceptors (Lipinski definition) is 10. The van der Waals surface area contributed by atoms with Crippen LogP contribution in [0.3, 0.4) is 0 Å². The van der Waals surface area contributed by atoms with Gasteiger partial charge >= 0.3 is 0 Å². The van der Waals surface area contributed by atoms with Gasteiger partial charge in [0, 0.05) is 0 Å². The summed E-state index contributed by atoms with van der Waals surface area (Å²) in [6.07, 6.45) is 48.8. The Kier molecular flexibility index (Phi) is 49.8. The number of ether oxygens (including phenoxy) is 2. The van der Waals surface area contributed by atoms with Crippen LogP contribution in [0.25, 0.3) is 0 Å². The topological polar surface area (TPSA) is 189 Å². The molecule has 436 valence electrons. The van der Waals surface area contributed by atoms with Gasteiger partial charge in [-0.3, -0.25) is 4.79 Å². The molecule has 0 spiro atoms. The fourth-order valence-electron chi connectivity index (χ4n) is 10.7. The maximum atomic E-state index is 13.2. The van der Waals surface area contributed by atoms with Crippen LogP contribution >= 0.6 is 0 Å². The molecule has 1 aliphatic heterocycles. The van der Waals surface area contributed by atoms with Crippen molar-refractivity contribution < 1.29 is 50.0 Å². The van der Waals surface area contributed by atoms with E-state index in [1.807, 2.05) is 0 Å². The quantitative estimate of drug-likeness (QED) is 0.0272. The molecule has 1 heterocycles. The number of rotatable bonds is 56. The maximum absolute atomic E-state index is 13.2. The fourth-order valence-corrected chi connectivity index (χ4v) is 10.7. The average Bonchev–Trinajstić information content (AvgIpc) is 3.39.